The molecule has 6 nitrogen and oxygen atoms in total. The summed E-state index contributed by atoms with van der Waals surface area (Å²) >= 11 is 6.66. The summed E-state index contributed by atoms with van der Waals surface area (Å²) in [6.07, 6.45) is 0.996. The van der Waals surface area contributed by atoms with Gasteiger partial charge in [-0.2, -0.15) is 0 Å². The van der Waals surface area contributed by atoms with Crippen LogP contribution in [-0.2, 0) is 20.7 Å². The van der Waals surface area contributed by atoms with Crippen molar-refractivity contribution in [2.24, 2.45) is 0 Å². The fourth-order valence-corrected chi connectivity index (χ4v) is 4.24. The first kappa shape index (κ1) is 19.5. The van der Waals surface area contributed by atoms with Gasteiger partial charge in [-0.05, 0) is 23.1 Å². The molecule has 2 aliphatic rings. The number of nitrogens with zero attached hydrogens (tertiary/aromatic N) is 1. The monoisotopic (exact) mass is 412 g/mol. The van der Waals surface area contributed by atoms with E-state index in [9.17, 15) is 14.4 Å². The van der Waals surface area contributed by atoms with Crippen LogP contribution in [0, 0.1) is 0 Å². The molecule has 4 rings (SSSR count). The lowest BCUT2D eigenvalue weighted by atomic mass is 9.88. The molecule has 29 heavy (non-hydrogen) atoms. The minimum atomic E-state index is -0.423. The number of rotatable bonds is 4. The van der Waals surface area contributed by atoms with Gasteiger partial charge >= 0.3 is 6.09 Å². The summed E-state index contributed by atoms with van der Waals surface area (Å²) in [5.41, 5.74) is 3.58. The Hall–Kier alpha value is -2.86. The number of benzene rings is 2. The van der Waals surface area contributed by atoms with Gasteiger partial charge in [-0.15, -0.1) is 0 Å². The highest BCUT2D eigenvalue weighted by Gasteiger charge is 2.30. The summed E-state index contributed by atoms with van der Waals surface area (Å²) in [6.45, 7) is 0.584. The van der Waals surface area contributed by atoms with Gasteiger partial charge in [0.15, 0.2) is 0 Å². The zero-order valence-electron chi connectivity index (χ0n) is 16.0. The minimum Gasteiger partial charge on any atom is -0.444 e. The maximum atomic E-state index is 12.2. The number of piperidine rings is 1. The highest BCUT2D eigenvalue weighted by molar-refractivity contribution is 6.34. The molecule has 2 heterocycles. The molecular formula is C22H21ClN2O4. The number of carbonyl (C=O) groups excluding carboxylic acids is 3. The molecule has 7 heteroatoms. The summed E-state index contributed by atoms with van der Waals surface area (Å²) in [4.78, 5) is 36.7. The van der Waals surface area contributed by atoms with Crippen molar-refractivity contribution in [1.82, 2.24) is 10.2 Å². The van der Waals surface area contributed by atoms with Gasteiger partial charge in [0.1, 0.15) is 6.10 Å². The average Bonchev–Trinajstić information content (AvgIpc) is 3.00. The Kier molecular flexibility index (Phi) is 5.28. The molecule has 3 amide bonds. The second kappa shape index (κ2) is 7.87. The number of imide groups is 1. The normalized spacial score (nSPS) is 21.9. The Labute approximate surface area is 173 Å². The van der Waals surface area contributed by atoms with Gasteiger partial charge in [0.05, 0.1) is 17.5 Å². The van der Waals surface area contributed by atoms with Gasteiger partial charge in [-0.3, -0.25) is 14.9 Å². The molecule has 2 saturated heterocycles. The number of hydrogen-bond donors (Lipinski definition) is 1. The zero-order chi connectivity index (χ0) is 20.5. The molecule has 0 radical (unpaired) electrons. The third-order valence-electron chi connectivity index (χ3n) is 5.43. The summed E-state index contributed by atoms with van der Waals surface area (Å²) < 4.78 is 5.32. The molecule has 2 unspecified atom stereocenters. The van der Waals surface area contributed by atoms with E-state index in [-0.39, 0.29) is 24.0 Å². The van der Waals surface area contributed by atoms with E-state index in [4.69, 9.17) is 16.3 Å². The summed E-state index contributed by atoms with van der Waals surface area (Å²) in [7, 11) is 1.73. The second-order valence-corrected chi connectivity index (χ2v) is 7.88. The molecule has 0 aromatic heterocycles. The standard InChI is InChI=1S/C22H21ClN2O4/c1-25-12-15(29-22(25)28)11-13-5-7-14(8-6-13)16-3-2-4-17(20(16)23)18-9-10-19(26)24-21(18)27/h2-8,15,18H,9-12H2,1H3,(H,24,26,27). The fourth-order valence-electron chi connectivity index (χ4n) is 3.87. The van der Waals surface area contributed by atoms with Crippen LogP contribution in [-0.4, -0.2) is 42.5 Å². The number of halogens is 1. The quantitative estimate of drug-likeness (QED) is 0.779. The lowest BCUT2D eigenvalue weighted by Crippen LogP contribution is -2.39. The van der Waals surface area contributed by atoms with E-state index in [1.54, 1.807) is 11.9 Å². The van der Waals surface area contributed by atoms with E-state index in [0.29, 0.717) is 30.8 Å². The van der Waals surface area contributed by atoms with Crippen molar-refractivity contribution in [3.63, 3.8) is 0 Å². The van der Waals surface area contributed by atoms with Crippen LogP contribution in [0.1, 0.15) is 29.9 Å². The van der Waals surface area contributed by atoms with Gasteiger partial charge < -0.3 is 9.64 Å². The first-order valence-corrected chi connectivity index (χ1v) is 9.93. The smallest absolute Gasteiger partial charge is 0.409 e. The largest absolute Gasteiger partial charge is 0.444 e. The predicted molar refractivity (Wildman–Crippen MR) is 109 cm³/mol. The lowest BCUT2D eigenvalue weighted by molar-refractivity contribution is -0.134. The number of cyclic esters (lactones) is 1. The van der Waals surface area contributed by atoms with Gasteiger partial charge in [0, 0.05) is 25.5 Å². The van der Waals surface area contributed by atoms with Crippen molar-refractivity contribution in [1.29, 1.82) is 0 Å². The highest BCUT2D eigenvalue weighted by atomic mass is 35.5. The van der Waals surface area contributed by atoms with Crippen molar-refractivity contribution in [3.8, 4) is 11.1 Å². The SMILES string of the molecule is CN1CC(Cc2ccc(-c3cccc(C4CCC(=O)NC4=O)c3Cl)cc2)OC1=O. The Morgan fingerprint density at radius 1 is 1.14 bits per heavy atom. The molecule has 2 aliphatic heterocycles. The molecule has 0 saturated carbocycles. The molecule has 2 fully saturated rings. The highest BCUT2D eigenvalue weighted by Crippen LogP contribution is 2.37. The third-order valence-corrected chi connectivity index (χ3v) is 5.85. The molecular weight excluding hydrogens is 392 g/mol. The maximum absolute atomic E-state index is 12.2. The van der Waals surface area contributed by atoms with E-state index >= 15 is 0 Å². The van der Waals surface area contributed by atoms with Crippen molar-refractivity contribution >= 4 is 29.5 Å². The molecule has 1 N–H and O–H groups in total. The van der Waals surface area contributed by atoms with Gasteiger partial charge in [0.25, 0.3) is 0 Å². The van der Waals surface area contributed by atoms with E-state index in [2.05, 4.69) is 5.32 Å². The molecule has 2 aromatic carbocycles. The Balaban J connectivity index is 1.53. The van der Waals surface area contributed by atoms with Crippen molar-refractivity contribution in [3.05, 3.63) is 58.6 Å². The van der Waals surface area contributed by atoms with Gasteiger partial charge in [-0.25, -0.2) is 4.79 Å². The van der Waals surface area contributed by atoms with Crippen LogP contribution in [0.25, 0.3) is 11.1 Å². The Bertz CT molecular complexity index is 973. The Morgan fingerprint density at radius 2 is 1.90 bits per heavy atom. The van der Waals surface area contributed by atoms with E-state index < -0.39 is 5.92 Å². The second-order valence-electron chi connectivity index (χ2n) is 7.50. The summed E-state index contributed by atoms with van der Waals surface area (Å²) in [6, 6.07) is 13.6. The number of likely N-dealkylation sites (N-methyl/N-ethyl adjacent to an activating group) is 1. The maximum Gasteiger partial charge on any atom is 0.409 e. The van der Waals surface area contributed by atoms with Crippen LogP contribution in [0.2, 0.25) is 5.02 Å². The third kappa shape index (κ3) is 3.98. The molecule has 150 valence electrons. The summed E-state index contributed by atoms with van der Waals surface area (Å²) in [5.74, 6) is -0.964. The van der Waals surface area contributed by atoms with Crippen molar-refractivity contribution in [2.45, 2.75) is 31.3 Å². The molecule has 0 spiro atoms. The lowest BCUT2D eigenvalue weighted by Gasteiger charge is -2.23. The van der Waals surface area contributed by atoms with E-state index in [0.717, 1.165) is 22.3 Å². The summed E-state index contributed by atoms with van der Waals surface area (Å²) in [5, 5.41) is 2.92. The van der Waals surface area contributed by atoms with Crippen molar-refractivity contribution in [2.75, 3.05) is 13.6 Å². The van der Waals surface area contributed by atoms with E-state index in [1.165, 1.54) is 0 Å². The van der Waals surface area contributed by atoms with Crippen LogP contribution in [0.4, 0.5) is 4.79 Å². The van der Waals surface area contributed by atoms with Crippen LogP contribution in [0.5, 0.6) is 0 Å². The zero-order valence-corrected chi connectivity index (χ0v) is 16.7. The number of ether oxygens (including phenoxy) is 1. The Morgan fingerprint density at radius 3 is 2.55 bits per heavy atom. The topological polar surface area (TPSA) is 75.7 Å². The number of amides is 3. The molecule has 0 aliphatic carbocycles. The van der Waals surface area contributed by atoms with Gasteiger partial charge in [-0.1, -0.05) is 54.1 Å². The van der Waals surface area contributed by atoms with E-state index in [1.807, 2.05) is 42.5 Å². The van der Waals surface area contributed by atoms with Crippen LogP contribution >= 0.6 is 11.6 Å². The fraction of sp³-hybridized carbons (Fsp3) is 0.318. The van der Waals surface area contributed by atoms with Crippen LogP contribution in [0.15, 0.2) is 42.5 Å². The molecule has 2 atom stereocenters. The molecule has 0 bridgehead atoms. The number of carbonyl (C=O) groups is 3. The average molecular weight is 413 g/mol. The first-order valence-electron chi connectivity index (χ1n) is 9.55. The molecule has 2 aromatic rings. The van der Waals surface area contributed by atoms with Crippen LogP contribution < -0.4 is 5.32 Å². The number of hydrogen-bond acceptors (Lipinski definition) is 4. The predicted octanol–water partition coefficient (Wildman–Crippen LogP) is 3.52. The first-order chi connectivity index (χ1) is 13.9. The van der Waals surface area contributed by atoms with Crippen LogP contribution in [0.3, 0.4) is 0 Å². The van der Waals surface area contributed by atoms with Gasteiger partial charge in [0.2, 0.25) is 11.8 Å². The number of nitrogens with one attached hydrogen (secondary N) is 1. The van der Waals surface area contributed by atoms with Crippen molar-refractivity contribution < 1.29 is 19.1 Å². The minimum absolute atomic E-state index is 0.141.